The summed E-state index contributed by atoms with van der Waals surface area (Å²) >= 11 is 0. The van der Waals surface area contributed by atoms with Gasteiger partial charge in [-0.05, 0) is 54.7 Å². The number of rotatable bonds is 8. The first-order chi connectivity index (χ1) is 14.6. The molecule has 1 heterocycles. The van der Waals surface area contributed by atoms with Gasteiger partial charge in [0.05, 0.1) is 7.11 Å². The first-order valence-electron chi connectivity index (χ1n) is 10.7. The number of anilines is 1. The zero-order chi connectivity index (χ0) is 20.9. The molecule has 1 N–H and O–H groups in total. The highest BCUT2D eigenvalue weighted by atomic mass is 16.5. The Morgan fingerprint density at radius 1 is 1.07 bits per heavy atom. The third kappa shape index (κ3) is 5.25. The summed E-state index contributed by atoms with van der Waals surface area (Å²) in [6.07, 6.45) is 2.26. The summed E-state index contributed by atoms with van der Waals surface area (Å²) in [6.45, 7) is 2.71. The molecule has 1 amide bonds. The van der Waals surface area contributed by atoms with Crippen molar-refractivity contribution in [2.45, 2.75) is 31.9 Å². The fourth-order valence-corrected chi connectivity index (χ4v) is 3.90. The van der Waals surface area contributed by atoms with E-state index in [-0.39, 0.29) is 12.5 Å². The number of hydrogen-bond donors (Lipinski definition) is 1. The van der Waals surface area contributed by atoms with Crippen LogP contribution in [0.2, 0.25) is 0 Å². The SMILES string of the molecule is COc1ccc(OCC(O)CN2CCC(=O)N(CC3CC3)Cc3ccccc32)cc1. The van der Waals surface area contributed by atoms with Gasteiger partial charge in [-0.25, -0.2) is 0 Å². The van der Waals surface area contributed by atoms with E-state index in [2.05, 4.69) is 17.0 Å². The van der Waals surface area contributed by atoms with E-state index in [0.29, 0.717) is 37.7 Å². The number of benzene rings is 2. The summed E-state index contributed by atoms with van der Waals surface area (Å²) < 4.78 is 10.9. The summed E-state index contributed by atoms with van der Waals surface area (Å²) in [4.78, 5) is 16.9. The van der Waals surface area contributed by atoms with Gasteiger partial charge in [-0.15, -0.1) is 0 Å². The van der Waals surface area contributed by atoms with Crippen LogP contribution >= 0.6 is 0 Å². The van der Waals surface area contributed by atoms with Gasteiger partial charge in [0.15, 0.2) is 0 Å². The second kappa shape index (κ2) is 9.39. The molecule has 160 valence electrons. The zero-order valence-electron chi connectivity index (χ0n) is 17.5. The van der Waals surface area contributed by atoms with Crippen molar-refractivity contribution < 1.29 is 19.4 Å². The zero-order valence-corrected chi connectivity index (χ0v) is 17.5. The van der Waals surface area contributed by atoms with E-state index in [1.165, 1.54) is 12.8 Å². The monoisotopic (exact) mass is 410 g/mol. The summed E-state index contributed by atoms with van der Waals surface area (Å²) in [5.74, 6) is 2.33. The van der Waals surface area contributed by atoms with Crippen molar-refractivity contribution >= 4 is 11.6 Å². The number of fused-ring (bicyclic) bond motifs is 1. The van der Waals surface area contributed by atoms with Gasteiger partial charge in [0.25, 0.3) is 0 Å². The van der Waals surface area contributed by atoms with Crippen LogP contribution in [-0.4, -0.2) is 55.4 Å². The van der Waals surface area contributed by atoms with E-state index in [1.54, 1.807) is 7.11 Å². The third-order valence-corrected chi connectivity index (χ3v) is 5.75. The Hall–Kier alpha value is -2.73. The molecule has 2 aliphatic rings. The summed E-state index contributed by atoms with van der Waals surface area (Å²) in [5, 5.41) is 10.6. The van der Waals surface area contributed by atoms with E-state index in [4.69, 9.17) is 9.47 Å². The number of hydrogen-bond acceptors (Lipinski definition) is 5. The Balaban J connectivity index is 1.40. The fraction of sp³-hybridized carbons (Fsp3) is 0.458. The van der Waals surface area contributed by atoms with Crippen LogP contribution in [0, 0.1) is 5.92 Å². The third-order valence-electron chi connectivity index (χ3n) is 5.75. The van der Waals surface area contributed by atoms with E-state index in [9.17, 15) is 9.90 Å². The molecule has 2 aromatic rings. The maximum atomic E-state index is 12.7. The molecule has 1 atom stereocenters. The molecule has 1 unspecified atom stereocenters. The smallest absolute Gasteiger partial charge is 0.224 e. The molecule has 0 spiro atoms. The lowest BCUT2D eigenvalue weighted by molar-refractivity contribution is -0.132. The highest BCUT2D eigenvalue weighted by molar-refractivity contribution is 5.78. The van der Waals surface area contributed by atoms with Crippen LogP contribution in [0.4, 0.5) is 5.69 Å². The van der Waals surface area contributed by atoms with Crippen LogP contribution in [0.15, 0.2) is 48.5 Å². The number of aliphatic hydroxyl groups excluding tert-OH is 1. The normalized spacial score (nSPS) is 17.7. The van der Waals surface area contributed by atoms with Crippen molar-refractivity contribution in [1.82, 2.24) is 4.90 Å². The molecule has 2 aromatic carbocycles. The standard InChI is InChI=1S/C24H30N2O4/c1-29-21-8-10-22(11-9-21)30-17-20(27)16-25-13-12-24(28)26(14-18-6-7-18)15-19-4-2-3-5-23(19)25/h2-5,8-11,18,20,27H,6-7,12-17H2,1H3. The predicted molar refractivity (Wildman–Crippen MR) is 116 cm³/mol. The van der Waals surface area contributed by atoms with E-state index >= 15 is 0 Å². The first kappa shape index (κ1) is 20.5. The predicted octanol–water partition coefficient (Wildman–Crippen LogP) is 3.08. The van der Waals surface area contributed by atoms with Crippen LogP contribution < -0.4 is 14.4 Å². The van der Waals surface area contributed by atoms with Crippen molar-refractivity contribution in [2.24, 2.45) is 5.92 Å². The molecule has 0 bridgehead atoms. The van der Waals surface area contributed by atoms with Crippen molar-refractivity contribution in [2.75, 3.05) is 38.3 Å². The van der Waals surface area contributed by atoms with E-state index < -0.39 is 6.10 Å². The van der Waals surface area contributed by atoms with Gasteiger partial charge in [-0.2, -0.15) is 0 Å². The number of carbonyl (C=O) groups excluding carboxylic acids is 1. The lowest BCUT2D eigenvalue weighted by atomic mass is 10.1. The first-order valence-corrected chi connectivity index (χ1v) is 10.7. The second-order valence-electron chi connectivity index (χ2n) is 8.18. The maximum absolute atomic E-state index is 12.7. The van der Waals surface area contributed by atoms with Crippen LogP contribution in [-0.2, 0) is 11.3 Å². The molecule has 0 aromatic heterocycles. The average Bonchev–Trinajstić information content (AvgIpc) is 3.58. The van der Waals surface area contributed by atoms with Crippen molar-refractivity contribution in [3.8, 4) is 11.5 Å². The molecule has 6 heteroatoms. The summed E-state index contributed by atoms with van der Waals surface area (Å²) in [6, 6.07) is 15.5. The highest BCUT2D eigenvalue weighted by Crippen LogP contribution is 2.32. The Morgan fingerprint density at radius 3 is 2.53 bits per heavy atom. The van der Waals surface area contributed by atoms with Crippen molar-refractivity contribution in [3.63, 3.8) is 0 Å². The van der Waals surface area contributed by atoms with Gasteiger partial charge < -0.3 is 24.4 Å². The van der Waals surface area contributed by atoms with Crippen molar-refractivity contribution in [3.05, 3.63) is 54.1 Å². The molecule has 0 radical (unpaired) electrons. The minimum absolute atomic E-state index is 0.187. The Morgan fingerprint density at radius 2 is 1.80 bits per heavy atom. The minimum Gasteiger partial charge on any atom is -0.497 e. The number of nitrogens with zero attached hydrogens (tertiary/aromatic N) is 2. The number of amides is 1. The highest BCUT2D eigenvalue weighted by Gasteiger charge is 2.29. The number of aliphatic hydroxyl groups is 1. The molecule has 0 saturated heterocycles. The van der Waals surface area contributed by atoms with Gasteiger partial charge in [0.1, 0.15) is 24.2 Å². The lowest BCUT2D eigenvalue weighted by Gasteiger charge is -2.34. The topological polar surface area (TPSA) is 62.2 Å². The molecule has 1 saturated carbocycles. The Kier molecular flexibility index (Phi) is 6.43. The summed E-state index contributed by atoms with van der Waals surface area (Å²) in [7, 11) is 1.62. The number of ether oxygens (including phenoxy) is 2. The second-order valence-corrected chi connectivity index (χ2v) is 8.18. The van der Waals surface area contributed by atoms with Crippen LogP contribution in [0.5, 0.6) is 11.5 Å². The minimum atomic E-state index is -0.669. The molecule has 1 fully saturated rings. The van der Waals surface area contributed by atoms with Gasteiger partial charge in [0, 0.05) is 38.3 Å². The van der Waals surface area contributed by atoms with Crippen LogP contribution in [0.25, 0.3) is 0 Å². The van der Waals surface area contributed by atoms with Gasteiger partial charge >= 0.3 is 0 Å². The van der Waals surface area contributed by atoms with Gasteiger partial charge in [-0.3, -0.25) is 4.79 Å². The lowest BCUT2D eigenvalue weighted by Crippen LogP contribution is -2.42. The van der Waals surface area contributed by atoms with Gasteiger partial charge in [0.2, 0.25) is 5.91 Å². The Labute approximate surface area is 178 Å². The molecule has 1 aliphatic carbocycles. The number of carbonyl (C=O) groups is 1. The molecule has 6 nitrogen and oxygen atoms in total. The molecule has 4 rings (SSSR count). The number of para-hydroxylation sites is 1. The van der Waals surface area contributed by atoms with E-state index in [1.807, 2.05) is 41.3 Å². The van der Waals surface area contributed by atoms with Crippen molar-refractivity contribution in [1.29, 1.82) is 0 Å². The molecule has 30 heavy (non-hydrogen) atoms. The van der Waals surface area contributed by atoms with Crippen LogP contribution in [0.1, 0.15) is 24.8 Å². The fourth-order valence-electron chi connectivity index (χ4n) is 3.90. The largest absolute Gasteiger partial charge is 0.497 e. The molecular formula is C24H30N2O4. The molecular weight excluding hydrogens is 380 g/mol. The average molecular weight is 411 g/mol. The maximum Gasteiger partial charge on any atom is 0.224 e. The van der Waals surface area contributed by atoms with Crippen LogP contribution in [0.3, 0.4) is 0 Å². The van der Waals surface area contributed by atoms with E-state index in [0.717, 1.165) is 23.5 Å². The number of β-amino-alcohol motifs (C(OH)–C–C–N with tert-alkyl or cyclic N) is 1. The van der Waals surface area contributed by atoms with Gasteiger partial charge in [-0.1, -0.05) is 18.2 Å². The number of methoxy groups -OCH3 is 1. The quantitative estimate of drug-likeness (QED) is 0.725. The Bertz CT molecular complexity index is 851. The summed E-state index contributed by atoms with van der Waals surface area (Å²) in [5.41, 5.74) is 2.23. The molecule has 1 aliphatic heterocycles.